The van der Waals surface area contributed by atoms with Crippen molar-refractivity contribution in [2.45, 2.75) is 12.1 Å². The monoisotopic (exact) mass is 315 g/mol. The molecule has 0 aliphatic carbocycles. The van der Waals surface area contributed by atoms with Gasteiger partial charge in [0.25, 0.3) is 5.56 Å². The second-order valence-corrected chi connectivity index (χ2v) is 5.73. The van der Waals surface area contributed by atoms with Crippen molar-refractivity contribution in [3.63, 3.8) is 0 Å². The number of ketones is 1. The lowest BCUT2D eigenvalue weighted by Gasteiger charge is -2.00. The fourth-order valence-corrected chi connectivity index (χ4v) is 2.69. The molecule has 0 atom stereocenters. The second kappa shape index (κ2) is 5.64. The Kier molecular flexibility index (Phi) is 3.68. The lowest BCUT2D eigenvalue weighted by Crippen LogP contribution is -2.10. The van der Waals surface area contributed by atoms with E-state index in [1.807, 2.05) is 19.1 Å². The van der Waals surface area contributed by atoms with Gasteiger partial charge >= 0.3 is 0 Å². The molecule has 112 valence electrons. The molecule has 0 saturated heterocycles. The van der Waals surface area contributed by atoms with E-state index in [0.717, 1.165) is 5.56 Å². The summed E-state index contributed by atoms with van der Waals surface area (Å²) in [5, 5.41) is 0.457. The Balaban J connectivity index is 1.76. The number of rotatable bonds is 4. The smallest absolute Gasteiger partial charge is 0.278 e. The highest BCUT2D eigenvalue weighted by Crippen LogP contribution is 2.18. The number of hydrogen-bond donors (Lipinski definition) is 3. The van der Waals surface area contributed by atoms with Gasteiger partial charge in [0, 0.05) is 5.56 Å². The number of aromatic nitrogens is 4. The van der Waals surface area contributed by atoms with Gasteiger partial charge in [-0.25, -0.2) is 4.98 Å². The summed E-state index contributed by atoms with van der Waals surface area (Å²) in [6, 6.07) is 7.38. The summed E-state index contributed by atoms with van der Waals surface area (Å²) in [5.41, 5.74) is 7.32. The number of nitrogens with zero attached hydrogens (tertiary/aromatic N) is 2. The van der Waals surface area contributed by atoms with Gasteiger partial charge in [0.15, 0.2) is 22.1 Å². The van der Waals surface area contributed by atoms with Gasteiger partial charge in [-0.15, -0.1) is 0 Å². The van der Waals surface area contributed by atoms with Gasteiger partial charge in [-0.2, -0.15) is 4.98 Å². The number of H-pyrrole nitrogens is 2. The zero-order valence-electron chi connectivity index (χ0n) is 11.7. The zero-order chi connectivity index (χ0) is 15.7. The highest BCUT2D eigenvalue weighted by Gasteiger charge is 2.12. The largest absolute Gasteiger partial charge is 0.369 e. The Hall–Kier alpha value is -2.61. The van der Waals surface area contributed by atoms with Crippen molar-refractivity contribution in [1.82, 2.24) is 19.9 Å². The van der Waals surface area contributed by atoms with Crippen molar-refractivity contribution in [2.24, 2.45) is 0 Å². The van der Waals surface area contributed by atoms with Crippen LogP contribution in [0.3, 0.4) is 0 Å². The van der Waals surface area contributed by atoms with Crippen LogP contribution in [0, 0.1) is 6.92 Å². The van der Waals surface area contributed by atoms with E-state index in [0.29, 0.717) is 10.7 Å². The molecule has 0 radical (unpaired) electrons. The maximum Gasteiger partial charge on any atom is 0.278 e. The molecule has 0 amide bonds. The van der Waals surface area contributed by atoms with E-state index >= 15 is 0 Å². The number of aryl methyl sites for hydroxylation is 1. The van der Waals surface area contributed by atoms with Crippen LogP contribution in [0.5, 0.6) is 0 Å². The molecule has 0 bridgehead atoms. The number of carbonyl (C=O) groups is 1. The number of nitrogens with two attached hydrogens (primary N) is 1. The summed E-state index contributed by atoms with van der Waals surface area (Å²) in [5.74, 6) is 0.221. The van der Waals surface area contributed by atoms with Crippen molar-refractivity contribution in [2.75, 3.05) is 11.5 Å². The molecule has 3 rings (SSSR count). The van der Waals surface area contributed by atoms with Crippen LogP contribution in [0.15, 0.2) is 34.2 Å². The summed E-state index contributed by atoms with van der Waals surface area (Å²) < 4.78 is 0. The first-order chi connectivity index (χ1) is 10.5. The summed E-state index contributed by atoms with van der Waals surface area (Å²) >= 11 is 1.22. The Morgan fingerprint density at radius 3 is 2.68 bits per heavy atom. The summed E-state index contributed by atoms with van der Waals surface area (Å²) in [7, 11) is 0. The van der Waals surface area contributed by atoms with E-state index in [1.54, 1.807) is 12.1 Å². The number of benzene rings is 1. The van der Waals surface area contributed by atoms with Crippen LogP contribution in [0.2, 0.25) is 0 Å². The Labute approximate surface area is 129 Å². The zero-order valence-corrected chi connectivity index (χ0v) is 12.5. The molecule has 4 N–H and O–H groups in total. The van der Waals surface area contributed by atoms with Gasteiger partial charge in [-0.3, -0.25) is 14.6 Å². The topological polar surface area (TPSA) is 118 Å². The lowest BCUT2D eigenvalue weighted by atomic mass is 10.1. The van der Waals surface area contributed by atoms with Gasteiger partial charge in [0.2, 0.25) is 5.95 Å². The van der Waals surface area contributed by atoms with Gasteiger partial charge in [0.05, 0.1) is 5.75 Å². The molecular weight excluding hydrogens is 302 g/mol. The molecule has 0 aliphatic rings. The Morgan fingerprint density at radius 2 is 1.95 bits per heavy atom. The van der Waals surface area contributed by atoms with E-state index in [9.17, 15) is 9.59 Å². The normalized spacial score (nSPS) is 11.0. The van der Waals surface area contributed by atoms with E-state index in [2.05, 4.69) is 19.9 Å². The highest BCUT2D eigenvalue weighted by molar-refractivity contribution is 7.99. The standard InChI is InChI=1S/C14H13N5O2S/c1-7-2-4-8(5-3-7)9(20)6-22-14-16-10-11(18-14)17-13(15)19-12(10)21/h2-5H,6H2,1H3,(H4,15,16,17,18,19,21). The van der Waals surface area contributed by atoms with E-state index in [4.69, 9.17) is 5.73 Å². The van der Waals surface area contributed by atoms with E-state index < -0.39 is 0 Å². The van der Waals surface area contributed by atoms with Gasteiger partial charge in [-0.1, -0.05) is 41.6 Å². The molecule has 7 nitrogen and oxygen atoms in total. The molecular formula is C14H13N5O2S. The number of anilines is 1. The van der Waals surface area contributed by atoms with Crippen molar-refractivity contribution < 1.29 is 4.79 Å². The molecule has 0 aliphatic heterocycles. The Morgan fingerprint density at radius 1 is 1.23 bits per heavy atom. The number of nitrogens with one attached hydrogen (secondary N) is 2. The van der Waals surface area contributed by atoms with Crippen LogP contribution in [0.25, 0.3) is 11.2 Å². The molecule has 0 fully saturated rings. The molecule has 2 heterocycles. The number of carbonyl (C=O) groups excluding carboxylic acids is 1. The first kappa shape index (κ1) is 14.3. The van der Waals surface area contributed by atoms with Crippen LogP contribution in [-0.2, 0) is 0 Å². The van der Waals surface area contributed by atoms with E-state index in [1.165, 1.54) is 11.8 Å². The fraction of sp³-hybridized carbons (Fsp3) is 0.143. The molecule has 2 aromatic heterocycles. The number of Topliss-reactive ketones (excluding diaryl/α,β-unsaturated/α-hetero) is 1. The first-order valence-electron chi connectivity index (χ1n) is 6.51. The molecule has 1 aromatic carbocycles. The van der Waals surface area contributed by atoms with Crippen LogP contribution in [0.1, 0.15) is 15.9 Å². The predicted molar refractivity (Wildman–Crippen MR) is 85.2 cm³/mol. The van der Waals surface area contributed by atoms with Crippen molar-refractivity contribution in [3.05, 3.63) is 45.7 Å². The average Bonchev–Trinajstić information content (AvgIpc) is 2.89. The summed E-state index contributed by atoms with van der Waals surface area (Å²) in [4.78, 5) is 37.1. The van der Waals surface area contributed by atoms with Crippen molar-refractivity contribution >= 4 is 34.7 Å². The maximum atomic E-state index is 12.1. The summed E-state index contributed by atoms with van der Waals surface area (Å²) in [6.45, 7) is 1.97. The third kappa shape index (κ3) is 2.86. The van der Waals surface area contributed by atoms with Crippen molar-refractivity contribution in [1.29, 1.82) is 0 Å². The number of thioether (sulfide) groups is 1. The van der Waals surface area contributed by atoms with Gasteiger partial charge in [0.1, 0.15) is 0 Å². The Bertz CT molecular complexity index is 898. The minimum absolute atomic E-state index is 0.00756. The number of nitrogen functional groups attached to an aromatic ring is 1. The minimum Gasteiger partial charge on any atom is -0.369 e. The minimum atomic E-state index is -0.383. The first-order valence-corrected chi connectivity index (χ1v) is 7.49. The molecule has 3 aromatic rings. The maximum absolute atomic E-state index is 12.1. The summed E-state index contributed by atoms with van der Waals surface area (Å²) in [6.07, 6.45) is 0. The van der Waals surface area contributed by atoms with Crippen LogP contribution in [-0.4, -0.2) is 31.5 Å². The molecule has 0 spiro atoms. The SMILES string of the molecule is Cc1ccc(C(=O)CSc2nc3nc(N)[nH]c(=O)c3[nH]2)cc1. The fourth-order valence-electron chi connectivity index (χ4n) is 1.93. The average molecular weight is 315 g/mol. The van der Waals surface area contributed by atoms with Crippen LogP contribution < -0.4 is 11.3 Å². The van der Waals surface area contributed by atoms with Crippen LogP contribution in [0.4, 0.5) is 5.95 Å². The molecule has 22 heavy (non-hydrogen) atoms. The molecule has 0 unspecified atom stereocenters. The number of hydrogen-bond acceptors (Lipinski definition) is 6. The number of imidazole rings is 1. The second-order valence-electron chi connectivity index (χ2n) is 4.77. The lowest BCUT2D eigenvalue weighted by molar-refractivity contribution is 0.102. The third-order valence-electron chi connectivity index (χ3n) is 3.07. The molecule has 8 heteroatoms. The van der Waals surface area contributed by atoms with Gasteiger partial charge < -0.3 is 10.7 Å². The quantitative estimate of drug-likeness (QED) is 0.496. The van der Waals surface area contributed by atoms with Crippen LogP contribution >= 0.6 is 11.8 Å². The van der Waals surface area contributed by atoms with E-state index in [-0.39, 0.29) is 34.2 Å². The predicted octanol–water partition coefficient (Wildman–Crippen LogP) is 1.51. The number of aromatic amines is 2. The number of fused-ring (bicyclic) bond motifs is 1. The van der Waals surface area contributed by atoms with Gasteiger partial charge in [-0.05, 0) is 6.92 Å². The molecule has 0 saturated carbocycles. The highest BCUT2D eigenvalue weighted by atomic mass is 32.2. The van der Waals surface area contributed by atoms with Crippen molar-refractivity contribution in [3.8, 4) is 0 Å². The third-order valence-corrected chi connectivity index (χ3v) is 3.94.